The Morgan fingerprint density at radius 2 is 1.54 bits per heavy atom. The van der Waals surface area contributed by atoms with Gasteiger partial charge in [-0.15, -0.1) is 0 Å². The second kappa shape index (κ2) is 11.9. The van der Waals surface area contributed by atoms with Gasteiger partial charge >= 0.3 is 0 Å². The third kappa shape index (κ3) is 5.85. The highest BCUT2D eigenvalue weighted by Gasteiger charge is 2.44. The van der Waals surface area contributed by atoms with E-state index < -0.39 is 10.0 Å². The lowest BCUT2D eigenvalue weighted by atomic mass is 9.77. The molecule has 0 radical (unpaired) electrons. The maximum absolute atomic E-state index is 14.0. The van der Waals surface area contributed by atoms with Crippen LogP contribution in [-0.4, -0.2) is 55.7 Å². The van der Waals surface area contributed by atoms with Crippen LogP contribution in [0.4, 0.5) is 0 Å². The van der Waals surface area contributed by atoms with Crippen LogP contribution >= 0.6 is 31.9 Å². The highest BCUT2D eigenvalue weighted by Crippen LogP contribution is 2.45. The van der Waals surface area contributed by atoms with Crippen molar-refractivity contribution in [2.75, 3.05) is 26.3 Å². The number of morpholine rings is 1. The second-order valence-corrected chi connectivity index (χ2v) is 14.2. The van der Waals surface area contributed by atoms with Crippen molar-refractivity contribution in [1.29, 1.82) is 0 Å². The number of amides is 1. The minimum absolute atomic E-state index is 0.0662. The lowest BCUT2D eigenvalue weighted by Crippen LogP contribution is -2.40. The minimum Gasteiger partial charge on any atom is -0.379 e. The van der Waals surface area contributed by atoms with Crippen molar-refractivity contribution < 1.29 is 17.9 Å². The Hall–Kier alpha value is -2.63. The summed E-state index contributed by atoms with van der Waals surface area (Å²) < 4.78 is 34.9. The summed E-state index contributed by atoms with van der Waals surface area (Å²) in [6.07, 6.45) is 5.01. The van der Waals surface area contributed by atoms with E-state index in [2.05, 4.69) is 50.1 Å². The average Bonchev–Trinajstić information content (AvgIpc) is 3.39. The van der Waals surface area contributed by atoms with Crippen LogP contribution in [-0.2, 0) is 14.8 Å². The summed E-state index contributed by atoms with van der Waals surface area (Å²) in [5, 5.41) is 6.58. The second-order valence-electron chi connectivity index (χ2n) is 10.4. The number of hydrogen-bond acceptors (Lipinski definition) is 5. The van der Waals surface area contributed by atoms with Gasteiger partial charge in [0.1, 0.15) is 0 Å². The monoisotopic (exact) mass is 697 g/mol. The van der Waals surface area contributed by atoms with Gasteiger partial charge < -0.3 is 4.74 Å². The molecule has 3 aliphatic rings. The smallest absolute Gasteiger partial charge is 0.274 e. The molecule has 0 N–H and O–H groups in total. The van der Waals surface area contributed by atoms with E-state index in [-0.39, 0.29) is 22.8 Å². The summed E-state index contributed by atoms with van der Waals surface area (Å²) in [5.41, 5.74) is 4.60. The average molecular weight is 699 g/mol. The van der Waals surface area contributed by atoms with Crippen molar-refractivity contribution in [1.82, 2.24) is 9.31 Å². The molecule has 6 rings (SSSR count). The van der Waals surface area contributed by atoms with Crippen LogP contribution in [0.5, 0.6) is 0 Å². The zero-order valence-corrected chi connectivity index (χ0v) is 26.2. The van der Waals surface area contributed by atoms with Crippen LogP contribution in [0.1, 0.15) is 46.8 Å². The first-order chi connectivity index (χ1) is 19.8. The van der Waals surface area contributed by atoms with Gasteiger partial charge in [0.25, 0.3) is 5.91 Å². The van der Waals surface area contributed by atoms with Gasteiger partial charge in [-0.1, -0.05) is 56.1 Å². The Morgan fingerprint density at radius 1 is 0.902 bits per heavy atom. The maximum atomic E-state index is 14.0. The Labute approximate surface area is 257 Å². The largest absolute Gasteiger partial charge is 0.379 e. The predicted octanol–water partition coefficient (Wildman–Crippen LogP) is 6.67. The normalized spacial score (nSPS) is 22.4. The Bertz CT molecular complexity index is 1600. The molecular weight excluding hydrogens is 670 g/mol. The van der Waals surface area contributed by atoms with Crippen LogP contribution < -0.4 is 0 Å². The molecular formula is C31H29Br2N3O4S. The number of halogens is 2. The van der Waals surface area contributed by atoms with Gasteiger partial charge in [0.2, 0.25) is 10.0 Å². The van der Waals surface area contributed by atoms with Gasteiger partial charge in [0, 0.05) is 33.5 Å². The van der Waals surface area contributed by atoms with Gasteiger partial charge in [0.05, 0.1) is 29.9 Å². The van der Waals surface area contributed by atoms with Crippen molar-refractivity contribution in [3.63, 3.8) is 0 Å². The number of allylic oxidation sites excluding steroid dienone is 1. The zero-order chi connectivity index (χ0) is 28.6. The van der Waals surface area contributed by atoms with Crippen molar-refractivity contribution in [3.05, 3.63) is 104 Å². The highest BCUT2D eigenvalue weighted by atomic mass is 79.9. The fourth-order valence-electron chi connectivity index (χ4n) is 5.76. The van der Waals surface area contributed by atoms with Crippen LogP contribution in [0.3, 0.4) is 0 Å². The number of nitrogens with zero attached hydrogens (tertiary/aromatic N) is 3. The first kappa shape index (κ1) is 28.5. The molecule has 1 saturated heterocycles. The Balaban J connectivity index is 1.34. The topological polar surface area (TPSA) is 79.3 Å². The molecule has 2 aliphatic heterocycles. The molecule has 1 amide bonds. The molecule has 7 nitrogen and oxygen atoms in total. The van der Waals surface area contributed by atoms with E-state index in [0.29, 0.717) is 31.9 Å². The number of fused-ring (bicyclic) bond motifs is 1. The minimum atomic E-state index is -3.65. The number of carbonyl (C=O) groups is 1. The fraction of sp³-hybridized carbons (Fsp3) is 0.290. The molecule has 2 unspecified atom stereocenters. The fourth-order valence-corrected chi connectivity index (χ4v) is 7.70. The first-order valence-corrected chi connectivity index (χ1v) is 16.7. The van der Waals surface area contributed by atoms with Gasteiger partial charge in [-0.25, -0.2) is 13.4 Å². The summed E-state index contributed by atoms with van der Waals surface area (Å²) >= 11 is 7.03. The van der Waals surface area contributed by atoms with E-state index in [4.69, 9.17) is 9.84 Å². The van der Waals surface area contributed by atoms with E-state index in [0.717, 1.165) is 50.6 Å². The quantitative estimate of drug-likeness (QED) is 0.298. The highest BCUT2D eigenvalue weighted by molar-refractivity contribution is 9.10. The number of sulfonamides is 1. The third-order valence-electron chi connectivity index (χ3n) is 7.84. The van der Waals surface area contributed by atoms with Crippen LogP contribution in [0.25, 0.3) is 6.08 Å². The molecule has 212 valence electrons. The molecule has 1 saturated carbocycles. The SMILES string of the molecule is O=C(c1ccc(S(=O)(=O)N2CCOCC2)cc1)N1N=C2/C(=C/c3ccc(Br)cc3)CCCC2C1c1ccc(Br)cc1. The van der Waals surface area contributed by atoms with Gasteiger partial charge in [-0.3, -0.25) is 4.79 Å². The number of carbonyl (C=O) groups excluding carboxylic acids is 1. The number of benzene rings is 3. The van der Waals surface area contributed by atoms with E-state index in [1.165, 1.54) is 16.4 Å². The standard InChI is InChI=1S/C31H29Br2N3O4S/c32-25-10-4-21(5-11-25)20-24-2-1-3-28-29(24)34-36(30(28)22-6-12-26(33)13-7-22)31(37)23-8-14-27(15-9-23)41(38,39)35-16-18-40-19-17-35/h4-15,20,28,30H,1-3,16-19H2/b24-20+. The summed E-state index contributed by atoms with van der Waals surface area (Å²) in [6.45, 7) is 1.39. The van der Waals surface area contributed by atoms with Gasteiger partial charge in [-0.05, 0) is 90.6 Å². The number of hydrogen-bond donors (Lipinski definition) is 0. The lowest BCUT2D eigenvalue weighted by molar-refractivity contribution is 0.0680. The van der Waals surface area contributed by atoms with E-state index >= 15 is 0 Å². The van der Waals surface area contributed by atoms with Gasteiger partial charge in [-0.2, -0.15) is 9.41 Å². The predicted molar refractivity (Wildman–Crippen MR) is 166 cm³/mol. The van der Waals surface area contributed by atoms with E-state index in [1.807, 2.05) is 36.4 Å². The molecule has 41 heavy (non-hydrogen) atoms. The summed E-state index contributed by atoms with van der Waals surface area (Å²) in [7, 11) is -3.65. The summed E-state index contributed by atoms with van der Waals surface area (Å²) in [4.78, 5) is 14.2. The van der Waals surface area contributed by atoms with E-state index in [9.17, 15) is 13.2 Å². The third-order valence-corrected chi connectivity index (χ3v) is 10.8. The van der Waals surface area contributed by atoms with Crippen molar-refractivity contribution in [3.8, 4) is 0 Å². The van der Waals surface area contributed by atoms with Crippen LogP contribution in [0.2, 0.25) is 0 Å². The Morgan fingerprint density at radius 3 is 2.20 bits per heavy atom. The van der Waals surface area contributed by atoms with E-state index in [1.54, 1.807) is 17.1 Å². The molecule has 0 aromatic heterocycles. The molecule has 2 fully saturated rings. The molecule has 2 heterocycles. The first-order valence-electron chi connectivity index (χ1n) is 13.6. The van der Waals surface area contributed by atoms with Crippen LogP contribution in [0, 0.1) is 5.92 Å². The molecule has 1 aliphatic carbocycles. The number of hydrazone groups is 1. The lowest BCUT2D eigenvalue weighted by Gasteiger charge is -2.30. The molecule has 0 spiro atoms. The molecule has 2 atom stereocenters. The maximum Gasteiger partial charge on any atom is 0.274 e. The van der Waals surface area contributed by atoms with Crippen molar-refractivity contribution in [2.24, 2.45) is 11.0 Å². The van der Waals surface area contributed by atoms with Crippen molar-refractivity contribution >= 4 is 59.6 Å². The van der Waals surface area contributed by atoms with Gasteiger partial charge in [0.15, 0.2) is 0 Å². The van der Waals surface area contributed by atoms with Crippen molar-refractivity contribution in [2.45, 2.75) is 30.2 Å². The number of rotatable bonds is 5. The summed E-state index contributed by atoms with van der Waals surface area (Å²) in [5.74, 6) is -0.185. The molecule has 0 bridgehead atoms. The van der Waals surface area contributed by atoms with Crippen LogP contribution in [0.15, 0.2) is 97.3 Å². The zero-order valence-electron chi connectivity index (χ0n) is 22.2. The molecule has 10 heteroatoms. The molecule has 3 aromatic rings. The molecule has 3 aromatic carbocycles. The Kier molecular flexibility index (Phi) is 8.29. The summed E-state index contributed by atoms with van der Waals surface area (Å²) in [6, 6.07) is 22.2. The number of ether oxygens (including phenoxy) is 1.